The van der Waals surface area contributed by atoms with Gasteiger partial charge in [-0.1, -0.05) is 0 Å². The molecular formula is C21H30N4O5S. The fraction of sp³-hybridized carbons (Fsp3) is 0.619. The minimum Gasteiger partial charge on any atom is -0.475 e. The van der Waals surface area contributed by atoms with Crippen molar-refractivity contribution >= 4 is 33.6 Å². The number of nitrogens with two attached hydrogens (primary N) is 1. The Morgan fingerprint density at radius 1 is 1.29 bits per heavy atom. The lowest BCUT2D eigenvalue weighted by Gasteiger charge is -2.32. The molecule has 0 unspecified atom stereocenters. The van der Waals surface area contributed by atoms with Crippen LogP contribution < -0.4 is 11.3 Å². The molecule has 1 aliphatic carbocycles. The second-order valence-corrected chi connectivity index (χ2v) is 9.99. The maximum Gasteiger partial charge on any atom is 0.410 e. The molecule has 1 aliphatic heterocycles. The maximum absolute atomic E-state index is 11.8. The number of likely N-dealkylation sites (tertiary alicyclic amines) is 1. The minimum atomic E-state index is -1.20. The number of carboxylic acid groups (broad SMARTS) is 1. The van der Waals surface area contributed by atoms with Crippen molar-refractivity contribution < 1.29 is 19.4 Å². The van der Waals surface area contributed by atoms with Crippen molar-refractivity contribution in [1.82, 2.24) is 14.9 Å². The van der Waals surface area contributed by atoms with E-state index >= 15 is 0 Å². The number of thiophene rings is 1. The summed E-state index contributed by atoms with van der Waals surface area (Å²) in [6.45, 7) is 7.93. The highest BCUT2D eigenvalue weighted by Crippen LogP contribution is 2.34. The van der Waals surface area contributed by atoms with E-state index < -0.39 is 11.6 Å². The van der Waals surface area contributed by atoms with E-state index in [1.807, 2.05) is 20.8 Å². The summed E-state index contributed by atoms with van der Waals surface area (Å²) in [7, 11) is 0. The SMILES string of the molecule is CC(C)(C)OC(=O)N1CCC(CN)CC1.O=C(O)c1nc2sc3c(c2c(=O)[nH]1)CCC3. The number of rotatable bonds is 2. The van der Waals surface area contributed by atoms with Gasteiger partial charge in [-0.15, -0.1) is 11.3 Å². The molecule has 4 rings (SSSR count). The molecule has 2 aliphatic rings. The number of carboxylic acids is 1. The van der Waals surface area contributed by atoms with Crippen LogP contribution in [0.4, 0.5) is 4.79 Å². The number of nitrogens with zero attached hydrogens (tertiary/aromatic N) is 2. The molecule has 0 bridgehead atoms. The summed E-state index contributed by atoms with van der Waals surface area (Å²) in [5.74, 6) is -0.909. The smallest absolute Gasteiger partial charge is 0.410 e. The van der Waals surface area contributed by atoms with Crippen LogP contribution >= 0.6 is 11.3 Å². The summed E-state index contributed by atoms with van der Waals surface area (Å²) in [6.07, 6.45) is 4.73. The van der Waals surface area contributed by atoms with E-state index in [1.165, 1.54) is 16.2 Å². The van der Waals surface area contributed by atoms with Gasteiger partial charge in [0.2, 0.25) is 5.82 Å². The van der Waals surface area contributed by atoms with Crippen molar-refractivity contribution in [1.29, 1.82) is 0 Å². The second-order valence-electron chi connectivity index (χ2n) is 8.90. The summed E-state index contributed by atoms with van der Waals surface area (Å²) >= 11 is 1.44. The van der Waals surface area contributed by atoms with Gasteiger partial charge in [0, 0.05) is 18.0 Å². The highest BCUT2D eigenvalue weighted by atomic mass is 32.1. The lowest BCUT2D eigenvalue weighted by Crippen LogP contribution is -2.42. The summed E-state index contributed by atoms with van der Waals surface area (Å²) < 4.78 is 5.30. The Morgan fingerprint density at radius 2 is 1.97 bits per heavy atom. The number of piperidine rings is 1. The number of ether oxygens (including phenoxy) is 1. The molecule has 3 heterocycles. The molecule has 1 saturated heterocycles. The van der Waals surface area contributed by atoms with Crippen LogP contribution in [0.5, 0.6) is 0 Å². The Bertz CT molecular complexity index is 1020. The molecule has 10 heteroatoms. The van der Waals surface area contributed by atoms with Crippen molar-refractivity contribution in [3.63, 3.8) is 0 Å². The molecule has 9 nitrogen and oxygen atoms in total. The Labute approximate surface area is 184 Å². The number of aryl methyl sites for hydroxylation is 2. The molecule has 31 heavy (non-hydrogen) atoms. The lowest BCUT2D eigenvalue weighted by molar-refractivity contribution is 0.0186. The number of nitrogens with one attached hydrogen (secondary N) is 1. The molecule has 1 amide bonds. The molecule has 170 valence electrons. The third-order valence-electron chi connectivity index (χ3n) is 5.38. The molecule has 0 aromatic carbocycles. The van der Waals surface area contributed by atoms with Gasteiger partial charge >= 0.3 is 12.1 Å². The predicted molar refractivity (Wildman–Crippen MR) is 119 cm³/mol. The van der Waals surface area contributed by atoms with Crippen LogP contribution in [0.2, 0.25) is 0 Å². The molecule has 0 atom stereocenters. The van der Waals surface area contributed by atoms with E-state index in [4.69, 9.17) is 15.6 Å². The summed E-state index contributed by atoms with van der Waals surface area (Å²) in [6, 6.07) is 0. The zero-order valence-electron chi connectivity index (χ0n) is 18.2. The predicted octanol–water partition coefficient (Wildman–Crippen LogP) is 2.76. The molecule has 1 fully saturated rings. The quantitative estimate of drug-likeness (QED) is 0.639. The second kappa shape index (κ2) is 9.35. The molecule has 2 aromatic rings. The number of amides is 1. The number of aromatic amines is 1. The Balaban J connectivity index is 0.000000176. The molecular weight excluding hydrogens is 420 g/mol. The number of aromatic carboxylic acids is 1. The van der Waals surface area contributed by atoms with Crippen LogP contribution in [-0.2, 0) is 17.6 Å². The summed E-state index contributed by atoms with van der Waals surface area (Å²) in [5.41, 5.74) is 5.92. The van der Waals surface area contributed by atoms with E-state index in [0.717, 1.165) is 57.3 Å². The molecule has 0 spiro atoms. The highest BCUT2D eigenvalue weighted by molar-refractivity contribution is 7.18. The Morgan fingerprint density at radius 3 is 2.55 bits per heavy atom. The van der Waals surface area contributed by atoms with E-state index in [0.29, 0.717) is 16.1 Å². The molecule has 0 radical (unpaired) electrons. The number of H-pyrrole nitrogens is 1. The Hall–Kier alpha value is -2.46. The van der Waals surface area contributed by atoms with Crippen LogP contribution in [0, 0.1) is 5.92 Å². The van der Waals surface area contributed by atoms with Crippen molar-refractivity contribution in [3.8, 4) is 0 Å². The van der Waals surface area contributed by atoms with Gasteiger partial charge in [0.15, 0.2) is 0 Å². The number of aromatic nitrogens is 2. The first-order chi connectivity index (χ1) is 14.6. The normalized spacial score (nSPS) is 16.6. The number of fused-ring (bicyclic) bond motifs is 3. The van der Waals surface area contributed by atoms with Crippen LogP contribution in [-0.4, -0.2) is 57.3 Å². The molecule has 0 saturated carbocycles. The summed E-state index contributed by atoms with van der Waals surface area (Å²) in [5, 5.41) is 9.37. The average Bonchev–Trinajstić information content (AvgIpc) is 3.28. The Kier molecular flexibility index (Phi) is 7.00. The largest absolute Gasteiger partial charge is 0.475 e. The van der Waals surface area contributed by atoms with Gasteiger partial charge in [-0.05, 0) is 70.9 Å². The van der Waals surface area contributed by atoms with E-state index in [1.54, 1.807) is 4.90 Å². The first-order valence-corrected chi connectivity index (χ1v) is 11.4. The van der Waals surface area contributed by atoms with Crippen LogP contribution in [0.15, 0.2) is 4.79 Å². The van der Waals surface area contributed by atoms with E-state index in [9.17, 15) is 14.4 Å². The van der Waals surface area contributed by atoms with Crippen molar-refractivity contribution in [2.45, 2.75) is 58.5 Å². The zero-order valence-corrected chi connectivity index (χ0v) is 19.0. The first kappa shape index (κ1) is 23.2. The van der Waals surface area contributed by atoms with Gasteiger partial charge in [0.05, 0.1) is 5.39 Å². The molecule has 2 aromatic heterocycles. The van der Waals surface area contributed by atoms with Crippen molar-refractivity contribution in [2.24, 2.45) is 11.7 Å². The minimum absolute atomic E-state index is 0.196. The molecule has 4 N–H and O–H groups in total. The standard InChI is InChI=1S/C11H22N2O2.C10H8N2O3S/c1-11(2,3)15-10(14)13-6-4-9(8-12)5-7-13;13-8-6-4-2-1-3-5(4)16-9(6)12-7(11-8)10(14)15/h9H,4-8,12H2,1-3H3;1-3H2,(H,14,15)(H,11,12,13). The van der Waals surface area contributed by atoms with Crippen LogP contribution in [0.3, 0.4) is 0 Å². The van der Waals surface area contributed by atoms with Crippen LogP contribution in [0.25, 0.3) is 10.2 Å². The topological polar surface area (TPSA) is 139 Å². The highest BCUT2D eigenvalue weighted by Gasteiger charge is 2.26. The maximum atomic E-state index is 11.8. The zero-order chi connectivity index (χ0) is 22.8. The summed E-state index contributed by atoms with van der Waals surface area (Å²) in [4.78, 5) is 44.0. The third-order valence-corrected chi connectivity index (χ3v) is 6.56. The van der Waals surface area contributed by atoms with Gasteiger partial charge in [-0.25, -0.2) is 14.6 Å². The average molecular weight is 451 g/mol. The fourth-order valence-corrected chi connectivity index (χ4v) is 5.04. The third kappa shape index (κ3) is 5.62. The number of carbonyl (C=O) groups excluding carboxylic acids is 1. The fourth-order valence-electron chi connectivity index (χ4n) is 3.78. The number of carbonyl (C=O) groups is 2. The van der Waals surface area contributed by atoms with E-state index in [2.05, 4.69) is 9.97 Å². The van der Waals surface area contributed by atoms with Crippen LogP contribution in [0.1, 0.15) is 61.1 Å². The monoisotopic (exact) mass is 450 g/mol. The number of hydrogen-bond acceptors (Lipinski definition) is 7. The van der Waals surface area contributed by atoms with Gasteiger partial charge in [0.25, 0.3) is 5.56 Å². The van der Waals surface area contributed by atoms with Gasteiger partial charge < -0.3 is 25.5 Å². The van der Waals surface area contributed by atoms with Gasteiger partial charge in [0.1, 0.15) is 10.4 Å². The lowest BCUT2D eigenvalue weighted by atomic mass is 9.97. The van der Waals surface area contributed by atoms with Gasteiger partial charge in [-0.3, -0.25) is 4.79 Å². The number of hydrogen-bond donors (Lipinski definition) is 3. The van der Waals surface area contributed by atoms with Gasteiger partial charge in [-0.2, -0.15) is 0 Å². The first-order valence-electron chi connectivity index (χ1n) is 10.5. The van der Waals surface area contributed by atoms with Crippen molar-refractivity contribution in [2.75, 3.05) is 19.6 Å². The van der Waals surface area contributed by atoms with E-state index in [-0.39, 0.29) is 17.5 Å². The van der Waals surface area contributed by atoms with Crippen molar-refractivity contribution in [3.05, 3.63) is 26.6 Å².